The maximum atomic E-state index is 10.0. The molecular formula is C29H22N2O2. The fourth-order valence-electron chi connectivity index (χ4n) is 3.46. The first-order chi connectivity index (χ1) is 16.1. The van der Waals surface area contributed by atoms with E-state index in [1.165, 1.54) is 0 Å². The number of hydrogen-bond acceptors (Lipinski definition) is 4. The molecular weight excluding hydrogens is 408 g/mol. The Morgan fingerprint density at radius 3 is 2.27 bits per heavy atom. The van der Waals surface area contributed by atoms with Gasteiger partial charge in [0.15, 0.2) is 0 Å². The second-order valence-electron chi connectivity index (χ2n) is 7.65. The third-order valence-electron chi connectivity index (χ3n) is 5.17. The van der Waals surface area contributed by atoms with Crippen molar-refractivity contribution in [1.29, 1.82) is 5.26 Å². The van der Waals surface area contributed by atoms with Crippen LogP contribution in [0.25, 0.3) is 22.5 Å². The van der Waals surface area contributed by atoms with Gasteiger partial charge in [0, 0.05) is 17.3 Å². The Balaban J connectivity index is 1.81. The summed E-state index contributed by atoms with van der Waals surface area (Å²) in [6, 6.07) is 25.8. The highest BCUT2D eigenvalue weighted by Gasteiger charge is 2.22. The number of nitrogens with zero attached hydrogens (tertiary/aromatic N) is 2. The Morgan fingerprint density at radius 2 is 1.64 bits per heavy atom. The summed E-state index contributed by atoms with van der Waals surface area (Å²) in [7, 11) is 0. The summed E-state index contributed by atoms with van der Waals surface area (Å²) in [6.45, 7) is 4.25. The molecule has 0 saturated carbocycles. The molecule has 4 aromatic rings. The Kier molecular flexibility index (Phi) is 6.39. The van der Waals surface area contributed by atoms with E-state index >= 15 is 0 Å². The zero-order valence-corrected chi connectivity index (χ0v) is 18.5. The van der Waals surface area contributed by atoms with Gasteiger partial charge in [0.1, 0.15) is 29.7 Å². The lowest BCUT2D eigenvalue weighted by molar-refractivity contribution is 0.370. The van der Waals surface area contributed by atoms with E-state index in [0.717, 1.165) is 33.4 Å². The third kappa shape index (κ3) is 4.87. The van der Waals surface area contributed by atoms with Crippen LogP contribution >= 0.6 is 0 Å². The van der Waals surface area contributed by atoms with Crippen molar-refractivity contribution in [2.75, 3.05) is 6.61 Å². The second kappa shape index (κ2) is 9.73. The SMILES string of the molecule is C#CCOc1cccc(C=Nc2oc(-c3ccc(C)cc3)c(-c3ccc(C)cc3)c2C#N)c1. The summed E-state index contributed by atoms with van der Waals surface area (Å²) < 4.78 is 11.7. The summed E-state index contributed by atoms with van der Waals surface area (Å²) in [4.78, 5) is 4.53. The minimum absolute atomic E-state index is 0.192. The number of benzene rings is 3. The van der Waals surface area contributed by atoms with E-state index in [1.54, 1.807) is 6.21 Å². The molecule has 0 aliphatic carbocycles. The number of aliphatic imine (C=N–C) groups is 1. The Bertz CT molecular complexity index is 1380. The van der Waals surface area contributed by atoms with Crippen LogP contribution in [0.5, 0.6) is 5.75 Å². The van der Waals surface area contributed by atoms with E-state index < -0.39 is 0 Å². The summed E-state index contributed by atoms with van der Waals surface area (Å²) in [5.74, 6) is 3.98. The number of ether oxygens (including phenoxy) is 1. The van der Waals surface area contributed by atoms with Crippen LogP contribution in [0.1, 0.15) is 22.3 Å². The molecule has 0 bridgehead atoms. The van der Waals surface area contributed by atoms with Crippen molar-refractivity contribution in [2.24, 2.45) is 4.99 Å². The van der Waals surface area contributed by atoms with E-state index in [1.807, 2.05) is 86.6 Å². The molecule has 0 aliphatic heterocycles. The van der Waals surface area contributed by atoms with Crippen molar-refractivity contribution in [1.82, 2.24) is 0 Å². The Morgan fingerprint density at radius 1 is 0.970 bits per heavy atom. The topological polar surface area (TPSA) is 58.5 Å². The molecule has 0 fully saturated rings. The monoisotopic (exact) mass is 430 g/mol. The van der Waals surface area contributed by atoms with Crippen molar-refractivity contribution >= 4 is 12.1 Å². The summed E-state index contributed by atoms with van der Waals surface area (Å²) >= 11 is 0. The highest BCUT2D eigenvalue weighted by atomic mass is 16.5. The molecule has 0 saturated heterocycles. The Hall–Kier alpha value is -4.54. The lowest BCUT2D eigenvalue weighted by atomic mass is 9.97. The fourth-order valence-corrected chi connectivity index (χ4v) is 3.46. The molecule has 0 amide bonds. The fraction of sp³-hybridized carbons (Fsp3) is 0.103. The summed E-state index contributed by atoms with van der Waals surface area (Å²) in [5.41, 5.74) is 6.01. The van der Waals surface area contributed by atoms with Gasteiger partial charge in [0.25, 0.3) is 0 Å². The number of aryl methyl sites for hydroxylation is 2. The van der Waals surface area contributed by atoms with Gasteiger partial charge in [0.05, 0.1) is 0 Å². The number of furan rings is 1. The van der Waals surface area contributed by atoms with Crippen molar-refractivity contribution in [2.45, 2.75) is 13.8 Å². The zero-order chi connectivity index (χ0) is 23.2. The van der Waals surface area contributed by atoms with Gasteiger partial charge in [-0.1, -0.05) is 77.7 Å². The molecule has 1 aromatic heterocycles. The van der Waals surface area contributed by atoms with E-state index in [-0.39, 0.29) is 12.5 Å². The number of hydrogen-bond donors (Lipinski definition) is 0. The minimum atomic E-state index is 0.192. The molecule has 4 nitrogen and oxygen atoms in total. The molecule has 0 unspecified atom stereocenters. The average Bonchev–Trinajstić information content (AvgIpc) is 3.21. The van der Waals surface area contributed by atoms with Crippen molar-refractivity contribution < 1.29 is 9.15 Å². The molecule has 0 radical (unpaired) electrons. The van der Waals surface area contributed by atoms with Gasteiger partial charge in [-0.05, 0) is 37.1 Å². The first kappa shape index (κ1) is 21.7. The standard InChI is InChI=1S/C29H22N2O2/c1-4-16-32-25-7-5-6-22(17-25)19-31-29-26(18-30)27(23-12-8-20(2)9-13-23)28(33-29)24-14-10-21(3)11-15-24/h1,5-15,17,19H,16H2,2-3H3. The molecule has 0 aliphatic rings. The van der Waals surface area contributed by atoms with E-state index in [2.05, 4.69) is 17.0 Å². The molecule has 4 heteroatoms. The predicted molar refractivity (Wildman–Crippen MR) is 132 cm³/mol. The van der Waals surface area contributed by atoms with Gasteiger partial charge in [0.2, 0.25) is 5.88 Å². The molecule has 160 valence electrons. The highest BCUT2D eigenvalue weighted by Crippen LogP contribution is 2.42. The maximum Gasteiger partial charge on any atom is 0.238 e. The molecule has 3 aromatic carbocycles. The van der Waals surface area contributed by atoms with Crippen molar-refractivity contribution in [3.63, 3.8) is 0 Å². The van der Waals surface area contributed by atoms with E-state index in [9.17, 15) is 5.26 Å². The van der Waals surface area contributed by atoms with Gasteiger partial charge in [-0.2, -0.15) is 5.26 Å². The Labute approximate surface area is 193 Å². The first-order valence-corrected chi connectivity index (χ1v) is 10.5. The molecule has 4 rings (SSSR count). The number of nitriles is 1. The van der Waals surface area contributed by atoms with Gasteiger partial charge in [-0.3, -0.25) is 0 Å². The molecule has 33 heavy (non-hydrogen) atoms. The van der Waals surface area contributed by atoms with E-state index in [4.69, 9.17) is 15.6 Å². The molecule has 0 atom stereocenters. The van der Waals surface area contributed by atoms with Gasteiger partial charge < -0.3 is 9.15 Å². The first-order valence-electron chi connectivity index (χ1n) is 10.5. The highest BCUT2D eigenvalue weighted by molar-refractivity contribution is 5.90. The van der Waals surface area contributed by atoms with Crippen LogP contribution in [-0.4, -0.2) is 12.8 Å². The third-order valence-corrected chi connectivity index (χ3v) is 5.17. The molecule has 0 N–H and O–H groups in total. The van der Waals surface area contributed by atoms with Crippen LogP contribution < -0.4 is 4.74 Å². The average molecular weight is 431 g/mol. The van der Waals surface area contributed by atoms with Gasteiger partial charge in [-0.15, -0.1) is 6.42 Å². The predicted octanol–water partition coefficient (Wildman–Crippen LogP) is 6.86. The summed E-state index contributed by atoms with van der Waals surface area (Å²) in [5, 5.41) is 10.0. The lowest BCUT2D eigenvalue weighted by Gasteiger charge is -2.05. The second-order valence-corrected chi connectivity index (χ2v) is 7.65. The van der Waals surface area contributed by atoms with Crippen LogP contribution in [0.2, 0.25) is 0 Å². The van der Waals surface area contributed by atoms with Crippen LogP contribution in [0.15, 0.2) is 82.2 Å². The normalized spacial score (nSPS) is 10.7. The minimum Gasteiger partial charge on any atom is -0.481 e. The van der Waals surface area contributed by atoms with Crippen LogP contribution in [0, 0.1) is 37.5 Å². The largest absolute Gasteiger partial charge is 0.481 e. The molecule has 1 heterocycles. The maximum absolute atomic E-state index is 10.0. The number of rotatable bonds is 6. The lowest BCUT2D eigenvalue weighted by Crippen LogP contribution is -1.93. The zero-order valence-electron chi connectivity index (χ0n) is 18.5. The smallest absolute Gasteiger partial charge is 0.238 e. The van der Waals surface area contributed by atoms with Crippen molar-refractivity contribution in [3.05, 3.63) is 95.1 Å². The van der Waals surface area contributed by atoms with Crippen molar-refractivity contribution in [3.8, 4) is 46.6 Å². The van der Waals surface area contributed by atoms with Crippen LogP contribution in [0.3, 0.4) is 0 Å². The summed E-state index contributed by atoms with van der Waals surface area (Å²) in [6.07, 6.45) is 6.92. The van der Waals surface area contributed by atoms with Crippen LogP contribution in [0.4, 0.5) is 5.88 Å². The van der Waals surface area contributed by atoms with E-state index in [0.29, 0.717) is 17.1 Å². The van der Waals surface area contributed by atoms with Gasteiger partial charge >= 0.3 is 0 Å². The van der Waals surface area contributed by atoms with Crippen LogP contribution in [-0.2, 0) is 0 Å². The quantitative estimate of drug-likeness (QED) is 0.248. The molecule has 0 spiro atoms. The number of terminal acetylenes is 1. The van der Waals surface area contributed by atoms with Gasteiger partial charge in [-0.25, -0.2) is 4.99 Å².